The maximum atomic E-state index is 13.6. The summed E-state index contributed by atoms with van der Waals surface area (Å²) >= 11 is 0. The summed E-state index contributed by atoms with van der Waals surface area (Å²) in [6.45, 7) is 4.09. The first-order chi connectivity index (χ1) is 22.5. The fourth-order valence-electron chi connectivity index (χ4n) is 4.85. The highest BCUT2D eigenvalue weighted by atomic mass is 19.4. The Balaban J connectivity index is 0.00000148. The normalized spacial score (nSPS) is 14.8. The molecule has 18 heteroatoms. The fraction of sp³-hybridized carbons (Fsp3) is 0.500. The van der Waals surface area contributed by atoms with E-state index in [1.54, 1.807) is 24.3 Å². The minimum absolute atomic E-state index is 0.0546. The molecule has 1 aliphatic rings. The predicted octanol–water partition coefficient (Wildman–Crippen LogP) is 0.363. The van der Waals surface area contributed by atoms with Crippen LogP contribution in [0.2, 0.25) is 0 Å². The van der Waals surface area contributed by atoms with Gasteiger partial charge in [0.25, 0.3) is 0 Å². The first-order valence-electron chi connectivity index (χ1n) is 15.1. The van der Waals surface area contributed by atoms with Crippen LogP contribution >= 0.6 is 0 Å². The molecule has 0 heterocycles. The zero-order chi connectivity index (χ0) is 36.4. The molecule has 0 bridgehead atoms. The third-order valence-electron chi connectivity index (χ3n) is 7.35. The van der Waals surface area contributed by atoms with Crippen molar-refractivity contribution in [2.75, 3.05) is 13.1 Å². The number of carboxylic acids is 1. The second-order valence-corrected chi connectivity index (χ2v) is 11.0. The smallest absolute Gasteiger partial charge is 0.475 e. The van der Waals surface area contributed by atoms with E-state index in [-0.39, 0.29) is 37.1 Å². The fourth-order valence-corrected chi connectivity index (χ4v) is 4.85. The first kappa shape index (κ1) is 40.9. The molecule has 4 amide bonds. The van der Waals surface area contributed by atoms with Crippen LogP contribution in [0, 0.1) is 22.7 Å². The molecule has 1 aromatic carbocycles. The van der Waals surface area contributed by atoms with Crippen LogP contribution in [0.15, 0.2) is 36.9 Å². The number of nitrogen functional groups attached to an aromatic ring is 1. The lowest BCUT2D eigenvalue weighted by atomic mass is 9.83. The van der Waals surface area contributed by atoms with Crippen molar-refractivity contribution < 1.29 is 42.3 Å². The number of aliphatic carboxylic acids is 1. The molecule has 1 aliphatic carbocycles. The minimum atomic E-state index is -5.08. The van der Waals surface area contributed by atoms with Crippen LogP contribution in [0.3, 0.4) is 0 Å². The number of halogens is 3. The highest BCUT2D eigenvalue weighted by Gasteiger charge is 2.38. The van der Waals surface area contributed by atoms with E-state index in [0.717, 1.165) is 19.3 Å². The third-order valence-corrected chi connectivity index (χ3v) is 7.35. The Morgan fingerprint density at radius 2 is 1.52 bits per heavy atom. The van der Waals surface area contributed by atoms with E-state index in [1.807, 2.05) is 0 Å². The van der Waals surface area contributed by atoms with Gasteiger partial charge in [0.15, 0.2) is 5.96 Å². The van der Waals surface area contributed by atoms with Crippen LogP contribution in [0.5, 0.6) is 0 Å². The Morgan fingerprint density at radius 1 is 0.938 bits per heavy atom. The lowest BCUT2D eigenvalue weighted by molar-refractivity contribution is -0.192. The Bertz CT molecular complexity index is 1300. The monoisotopic (exact) mass is 683 g/mol. The van der Waals surface area contributed by atoms with Crippen molar-refractivity contribution in [1.29, 1.82) is 10.8 Å². The molecule has 266 valence electrons. The van der Waals surface area contributed by atoms with Gasteiger partial charge in [-0.15, -0.1) is 6.58 Å². The molecule has 0 aliphatic heterocycles. The van der Waals surface area contributed by atoms with Crippen LogP contribution in [-0.2, 0) is 30.4 Å². The zero-order valence-corrected chi connectivity index (χ0v) is 26.3. The number of alkyl halides is 3. The van der Waals surface area contributed by atoms with Crippen molar-refractivity contribution in [3.8, 4) is 0 Å². The molecule has 1 fully saturated rings. The summed E-state index contributed by atoms with van der Waals surface area (Å²) in [5.41, 5.74) is 17.6. The van der Waals surface area contributed by atoms with Gasteiger partial charge in [0.1, 0.15) is 23.8 Å². The number of carbonyl (C=O) groups is 5. The van der Waals surface area contributed by atoms with Crippen molar-refractivity contribution >= 4 is 41.4 Å². The summed E-state index contributed by atoms with van der Waals surface area (Å²) in [5.74, 6) is -6.77. The van der Waals surface area contributed by atoms with Crippen molar-refractivity contribution in [2.45, 2.75) is 69.6 Å². The van der Waals surface area contributed by atoms with E-state index < -0.39 is 53.8 Å². The van der Waals surface area contributed by atoms with Gasteiger partial charge in [-0.25, -0.2) is 4.79 Å². The average Bonchev–Trinajstić information content (AvgIpc) is 3.02. The standard InChI is InChI=1S/C28H43N9O4.C2HF3O2/c1-2-14-34-25(39)20(16-17-10-12-19(13-11-17)23(29)30)26(40)37-22(18-7-4-3-5-8-18)27(41)36-21(24(31)38)9-6-15-35-28(32)33;3-2(4,5)1(6)7/h2,10-13,18,20-22H,1,3-9,14-16H2,(H3,29,30)(H2,31,38)(H,34,39)(H,36,41)(H,37,40)(H4,32,33,35);(H,6,7)/t20?,21-,22-;/m0./s1. The van der Waals surface area contributed by atoms with Crippen molar-refractivity contribution in [3.05, 3.63) is 48.0 Å². The molecule has 1 aromatic rings. The number of hydrogen-bond donors (Lipinski definition) is 10. The van der Waals surface area contributed by atoms with Crippen LogP contribution in [0.4, 0.5) is 13.2 Å². The number of amides is 4. The van der Waals surface area contributed by atoms with Gasteiger partial charge in [-0.05, 0) is 43.6 Å². The van der Waals surface area contributed by atoms with Gasteiger partial charge in [-0.1, -0.05) is 49.6 Å². The van der Waals surface area contributed by atoms with E-state index in [2.05, 4.69) is 27.8 Å². The number of benzene rings is 1. The predicted molar refractivity (Wildman–Crippen MR) is 170 cm³/mol. The second kappa shape index (κ2) is 20.2. The molecule has 2 rings (SSSR count). The molecule has 15 nitrogen and oxygen atoms in total. The third kappa shape index (κ3) is 15.0. The van der Waals surface area contributed by atoms with E-state index in [9.17, 15) is 32.3 Å². The molecule has 0 saturated heterocycles. The van der Waals surface area contributed by atoms with Gasteiger partial charge in [0.2, 0.25) is 23.6 Å². The average molecular weight is 684 g/mol. The van der Waals surface area contributed by atoms with E-state index in [0.29, 0.717) is 36.9 Å². The molecular formula is C30H44F3N9O6. The summed E-state index contributed by atoms with van der Waals surface area (Å²) in [5, 5.41) is 32.7. The molecule has 48 heavy (non-hydrogen) atoms. The molecule has 0 radical (unpaired) electrons. The van der Waals surface area contributed by atoms with Gasteiger partial charge in [0.05, 0.1) is 0 Å². The second-order valence-electron chi connectivity index (χ2n) is 11.0. The topological polar surface area (TPSA) is 279 Å². The number of hydrogen-bond acceptors (Lipinski definition) is 7. The molecule has 3 atom stereocenters. The summed E-state index contributed by atoms with van der Waals surface area (Å²) in [6, 6.07) is 4.73. The molecule has 0 aromatic heterocycles. The summed E-state index contributed by atoms with van der Waals surface area (Å²) in [6.07, 6.45) is 1.34. The lowest BCUT2D eigenvalue weighted by Gasteiger charge is -2.32. The van der Waals surface area contributed by atoms with E-state index in [1.165, 1.54) is 6.08 Å². The number of rotatable bonds is 16. The van der Waals surface area contributed by atoms with Crippen molar-refractivity contribution in [3.63, 3.8) is 0 Å². The number of carbonyl (C=O) groups excluding carboxylic acids is 4. The Hall–Kier alpha value is -5.16. The Kier molecular flexibility index (Phi) is 17.2. The largest absolute Gasteiger partial charge is 0.490 e. The van der Waals surface area contributed by atoms with Gasteiger partial charge < -0.3 is 43.6 Å². The van der Waals surface area contributed by atoms with Gasteiger partial charge in [-0.3, -0.25) is 30.0 Å². The van der Waals surface area contributed by atoms with Crippen LogP contribution in [0.25, 0.3) is 0 Å². The molecule has 0 spiro atoms. The van der Waals surface area contributed by atoms with Crippen LogP contribution < -0.4 is 38.5 Å². The highest BCUT2D eigenvalue weighted by molar-refractivity contribution is 6.02. The highest BCUT2D eigenvalue weighted by Crippen LogP contribution is 2.27. The zero-order valence-electron chi connectivity index (χ0n) is 26.3. The summed E-state index contributed by atoms with van der Waals surface area (Å²) < 4.78 is 31.7. The van der Waals surface area contributed by atoms with Gasteiger partial charge in [-0.2, -0.15) is 13.2 Å². The maximum Gasteiger partial charge on any atom is 0.490 e. The van der Waals surface area contributed by atoms with Crippen molar-refractivity contribution in [1.82, 2.24) is 21.3 Å². The van der Waals surface area contributed by atoms with Gasteiger partial charge >= 0.3 is 12.1 Å². The SMILES string of the molecule is C=CCNC(=O)C(Cc1ccc(C(=N)N)cc1)C(=O)N[C@H](C(=O)N[C@@H](CCCNC(=N)N)C(N)=O)C1CCCCC1.O=C(O)C(F)(F)F. The maximum absolute atomic E-state index is 13.6. The Morgan fingerprint density at radius 3 is 2.00 bits per heavy atom. The number of nitrogens with two attached hydrogens (primary N) is 3. The molecular weight excluding hydrogens is 639 g/mol. The quantitative estimate of drug-likeness (QED) is 0.0378. The molecule has 1 unspecified atom stereocenters. The summed E-state index contributed by atoms with van der Waals surface area (Å²) in [7, 11) is 0. The van der Waals surface area contributed by atoms with E-state index >= 15 is 0 Å². The number of guanidine groups is 1. The first-order valence-corrected chi connectivity index (χ1v) is 15.1. The number of amidine groups is 1. The lowest BCUT2D eigenvalue weighted by Crippen LogP contribution is -2.57. The van der Waals surface area contributed by atoms with Crippen LogP contribution in [-0.4, -0.2) is 77.8 Å². The Labute approximate surface area is 275 Å². The molecule has 1 saturated carbocycles. The summed E-state index contributed by atoms with van der Waals surface area (Å²) in [4.78, 5) is 61.2. The number of primary amides is 1. The van der Waals surface area contributed by atoms with Crippen molar-refractivity contribution in [2.24, 2.45) is 29.0 Å². The number of nitrogens with one attached hydrogen (secondary N) is 6. The van der Waals surface area contributed by atoms with E-state index in [4.69, 9.17) is 37.9 Å². The van der Waals surface area contributed by atoms with Gasteiger partial charge in [0, 0.05) is 18.7 Å². The number of carboxylic acid groups (broad SMARTS) is 1. The molecule has 13 N–H and O–H groups in total. The van der Waals surface area contributed by atoms with Crippen LogP contribution in [0.1, 0.15) is 56.1 Å². The minimum Gasteiger partial charge on any atom is -0.475 e.